The molecule has 1 aliphatic carbocycles. The van der Waals surface area contributed by atoms with E-state index in [2.05, 4.69) is 174 Å². The molecule has 0 amide bonds. The lowest BCUT2D eigenvalue weighted by Crippen LogP contribution is -2.25. The summed E-state index contributed by atoms with van der Waals surface area (Å²) in [5.74, 6) is 1.92. The molecule has 0 radical (unpaired) electrons. The van der Waals surface area contributed by atoms with Crippen molar-refractivity contribution in [2.45, 2.75) is 10.3 Å². The molecule has 1 spiro atoms. The zero-order valence-corrected chi connectivity index (χ0v) is 33.3. The fraction of sp³-hybridized carbons (Fsp3) is 0.0182. The first kappa shape index (κ1) is 35.7. The molecule has 1 aliphatic heterocycles. The number of hydrogen-bond donors (Lipinski definition) is 0. The van der Waals surface area contributed by atoms with Crippen molar-refractivity contribution in [1.82, 2.24) is 19.9 Å². The van der Waals surface area contributed by atoms with Crippen LogP contribution in [0.4, 0.5) is 0 Å². The maximum absolute atomic E-state index is 5.14. The highest BCUT2D eigenvalue weighted by Gasteiger charge is 2.44. The smallest absolute Gasteiger partial charge is 0.164 e. The highest BCUT2D eigenvalue weighted by Crippen LogP contribution is 2.57. The van der Waals surface area contributed by atoms with Gasteiger partial charge in [-0.05, 0) is 85.1 Å². The summed E-state index contributed by atoms with van der Waals surface area (Å²) in [6, 6.07) is 60.4. The Morgan fingerprint density at radius 1 is 0.400 bits per heavy atom. The number of allylic oxidation sites excluding steroid dienone is 5. The molecule has 7 aromatic carbocycles. The summed E-state index contributed by atoms with van der Waals surface area (Å²) < 4.78 is 0. The van der Waals surface area contributed by atoms with E-state index >= 15 is 0 Å². The summed E-state index contributed by atoms with van der Waals surface area (Å²) in [7, 11) is 0. The summed E-state index contributed by atoms with van der Waals surface area (Å²) in [6.45, 7) is 0. The zero-order chi connectivity index (χ0) is 39.9. The number of aromatic nitrogens is 4. The predicted molar refractivity (Wildman–Crippen MR) is 247 cm³/mol. The van der Waals surface area contributed by atoms with Gasteiger partial charge in [-0.3, -0.25) is 4.98 Å². The van der Waals surface area contributed by atoms with Crippen molar-refractivity contribution in [2.75, 3.05) is 0 Å². The second kappa shape index (κ2) is 15.0. The summed E-state index contributed by atoms with van der Waals surface area (Å²) in [4.78, 5) is 20.8. The van der Waals surface area contributed by atoms with Gasteiger partial charge in [0, 0.05) is 39.4 Å². The predicted octanol–water partition coefficient (Wildman–Crippen LogP) is 13.8. The minimum atomic E-state index is -0.621. The van der Waals surface area contributed by atoms with E-state index in [1.807, 2.05) is 48.8 Å². The van der Waals surface area contributed by atoms with Crippen molar-refractivity contribution >= 4 is 22.5 Å². The molecular weight excluding hydrogens is 749 g/mol. The van der Waals surface area contributed by atoms with Gasteiger partial charge in [-0.2, -0.15) is 0 Å². The van der Waals surface area contributed by atoms with Crippen molar-refractivity contribution in [3.05, 3.63) is 235 Å². The maximum Gasteiger partial charge on any atom is 0.164 e. The molecule has 0 N–H and O–H groups in total. The van der Waals surface area contributed by atoms with E-state index in [0.717, 1.165) is 27.6 Å². The lowest BCUT2D eigenvalue weighted by Gasteiger charge is -2.32. The third-order valence-electron chi connectivity index (χ3n) is 11.6. The summed E-state index contributed by atoms with van der Waals surface area (Å²) in [6.07, 6.45) is 14.7. The van der Waals surface area contributed by atoms with Gasteiger partial charge in [-0.1, -0.05) is 188 Å². The van der Waals surface area contributed by atoms with E-state index in [1.165, 1.54) is 54.8 Å². The Morgan fingerprint density at radius 2 is 1.00 bits per heavy atom. The van der Waals surface area contributed by atoms with Gasteiger partial charge in [0.25, 0.3) is 0 Å². The molecule has 0 saturated heterocycles. The average molecular weight is 785 g/mol. The second-order valence-corrected chi connectivity index (χ2v) is 16.0. The quantitative estimate of drug-likeness (QED) is 0.174. The third kappa shape index (κ3) is 6.19. The zero-order valence-electron chi connectivity index (χ0n) is 32.5. The molecule has 2 aromatic heterocycles. The van der Waals surface area contributed by atoms with Gasteiger partial charge >= 0.3 is 0 Å². The number of pyridine rings is 1. The van der Waals surface area contributed by atoms with Crippen LogP contribution in [0, 0.1) is 0 Å². The first-order chi connectivity index (χ1) is 29.7. The van der Waals surface area contributed by atoms with E-state index < -0.39 is 5.41 Å². The molecule has 0 saturated carbocycles. The van der Waals surface area contributed by atoms with Crippen LogP contribution in [0.25, 0.3) is 78.3 Å². The van der Waals surface area contributed by atoms with Crippen molar-refractivity contribution in [1.29, 1.82) is 0 Å². The van der Waals surface area contributed by atoms with Crippen LogP contribution in [0.1, 0.15) is 16.7 Å². The van der Waals surface area contributed by atoms with Gasteiger partial charge in [-0.15, -0.1) is 0 Å². The molecule has 5 heteroatoms. The van der Waals surface area contributed by atoms with E-state index in [4.69, 9.17) is 15.0 Å². The van der Waals surface area contributed by atoms with Gasteiger partial charge in [0.2, 0.25) is 0 Å². The van der Waals surface area contributed by atoms with Crippen LogP contribution >= 0.6 is 11.8 Å². The normalized spacial score (nSPS) is 16.7. The van der Waals surface area contributed by atoms with Crippen molar-refractivity contribution in [3.63, 3.8) is 0 Å². The number of fused-ring (bicyclic) bond motifs is 8. The minimum absolute atomic E-state index is 0.621. The number of hydrogen-bond acceptors (Lipinski definition) is 5. The fourth-order valence-electron chi connectivity index (χ4n) is 8.77. The minimum Gasteiger partial charge on any atom is -0.264 e. The Bertz CT molecular complexity index is 3110. The van der Waals surface area contributed by atoms with Crippen molar-refractivity contribution in [3.8, 4) is 67.5 Å². The van der Waals surface area contributed by atoms with E-state index in [-0.39, 0.29) is 0 Å². The van der Waals surface area contributed by atoms with Crippen LogP contribution < -0.4 is 0 Å². The van der Waals surface area contributed by atoms with Crippen LogP contribution in [-0.2, 0) is 5.41 Å². The molecule has 3 heterocycles. The molecule has 0 bridgehead atoms. The number of nitrogens with zero attached hydrogens (tertiary/aromatic N) is 4. The first-order valence-electron chi connectivity index (χ1n) is 20.1. The van der Waals surface area contributed by atoms with Gasteiger partial charge < -0.3 is 0 Å². The van der Waals surface area contributed by atoms with E-state index in [1.54, 1.807) is 11.8 Å². The molecule has 11 rings (SSSR count). The van der Waals surface area contributed by atoms with Crippen LogP contribution in [0.15, 0.2) is 223 Å². The summed E-state index contributed by atoms with van der Waals surface area (Å²) in [5.41, 5.74) is 13.0. The van der Waals surface area contributed by atoms with Crippen LogP contribution in [0.3, 0.4) is 0 Å². The van der Waals surface area contributed by atoms with Crippen LogP contribution in [-0.4, -0.2) is 19.9 Å². The fourth-order valence-corrected chi connectivity index (χ4v) is 9.60. The number of thioether (sulfide) groups is 1. The number of rotatable bonds is 5. The van der Waals surface area contributed by atoms with Crippen LogP contribution in [0.2, 0.25) is 0 Å². The summed E-state index contributed by atoms with van der Waals surface area (Å²) in [5, 5.41) is 4.50. The van der Waals surface area contributed by atoms with Crippen LogP contribution in [0.5, 0.6) is 0 Å². The maximum atomic E-state index is 5.14. The Balaban J connectivity index is 1.10. The Labute approximate surface area is 353 Å². The highest BCUT2D eigenvalue weighted by atomic mass is 32.2. The Morgan fingerprint density at radius 3 is 1.73 bits per heavy atom. The van der Waals surface area contributed by atoms with Gasteiger partial charge in [0.15, 0.2) is 17.5 Å². The average Bonchev–Trinajstić information content (AvgIpc) is 3.60. The van der Waals surface area contributed by atoms with Gasteiger partial charge in [0.05, 0.1) is 5.41 Å². The molecule has 282 valence electrons. The topological polar surface area (TPSA) is 51.6 Å². The standard InChI is InChI=1S/C55H36N4S/c1-2-12-33-60-51-21-10-9-20-48(51)55(31-11-1)49-34-41(37-22-24-38(25-23-37)44-19-13-18-43-36-56-32-30-45(43)44)26-28-46(49)47-29-27-42(35-50(47)55)54-58-52(39-14-5-3-6-15-39)57-53(59-54)40-16-7-4-8-17-40/h1-36H/b2-1-,31-11+,33-12+. The Hall–Kier alpha value is -7.47. The van der Waals surface area contributed by atoms with Crippen molar-refractivity contribution < 1.29 is 0 Å². The Kier molecular flexibility index (Phi) is 8.94. The first-order valence-corrected chi connectivity index (χ1v) is 21.0. The highest BCUT2D eigenvalue weighted by molar-refractivity contribution is 8.02. The lowest BCUT2D eigenvalue weighted by atomic mass is 9.71. The molecular formula is C55H36N4S. The lowest BCUT2D eigenvalue weighted by molar-refractivity contribution is 0.783. The second-order valence-electron chi connectivity index (χ2n) is 15.0. The SMILES string of the molecule is C1=C\C=C\C2(c3ccccc3S/C=C/1)c1cc(-c3ccc(-c4cccc5cnccc45)cc3)ccc1-c1ccc(-c3nc(-c4ccccc4)nc(-c4ccccc4)n3)cc12. The summed E-state index contributed by atoms with van der Waals surface area (Å²) >= 11 is 1.75. The molecule has 1 atom stereocenters. The van der Waals surface area contributed by atoms with Gasteiger partial charge in [-0.25, -0.2) is 15.0 Å². The number of benzene rings is 7. The van der Waals surface area contributed by atoms with Crippen molar-refractivity contribution in [2.24, 2.45) is 0 Å². The monoisotopic (exact) mass is 784 g/mol. The molecule has 0 fully saturated rings. The largest absolute Gasteiger partial charge is 0.264 e. The van der Waals surface area contributed by atoms with E-state index in [0.29, 0.717) is 17.5 Å². The third-order valence-corrected chi connectivity index (χ3v) is 12.5. The molecule has 1 unspecified atom stereocenters. The van der Waals surface area contributed by atoms with Gasteiger partial charge in [0.1, 0.15) is 0 Å². The molecule has 60 heavy (non-hydrogen) atoms. The molecule has 9 aromatic rings. The van der Waals surface area contributed by atoms with E-state index in [9.17, 15) is 0 Å². The molecule has 2 aliphatic rings. The molecule has 4 nitrogen and oxygen atoms in total.